The molecule has 0 bridgehead atoms. The number of nitrogens with zero attached hydrogens (tertiary/aromatic N) is 1. The third-order valence-corrected chi connectivity index (χ3v) is 7.16. The van der Waals surface area contributed by atoms with Crippen LogP contribution in [0.15, 0.2) is 77.7 Å². The van der Waals surface area contributed by atoms with E-state index in [1.165, 1.54) is 23.5 Å². The number of aryl methyl sites for hydroxylation is 1. The van der Waals surface area contributed by atoms with E-state index < -0.39 is 10.0 Å². The van der Waals surface area contributed by atoms with Crippen molar-refractivity contribution in [2.45, 2.75) is 18.2 Å². The SMILES string of the molecule is Cc1cc(NC(=O)NCCc2ccccc2)cc2sc(NS(=O)(=O)c3ccccc3)nc12. The normalized spacial score (nSPS) is 11.3. The molecule has 0 saturated carbocycles. The molecule has 4 aromatic rings. The Balaban J connectivity index is 1.43. The van der Waals surface area contributed by atoms with Crippen LogP contribution in [0, 0.1) is 6.92 Å². The van der Waals surface area contributed by atoms with Crippen LogP contribution in [0.2, 0.25) is 0 Å². The second-order valence-corrected chi connectivity index (χ2v) is 9.91. The first-order chi connectivity index (χ1) is 15.4. The minimum atomic E-state index is -3.72. The van der Waals surface area contributed by atoms with E-state index in [9.17, 15) is 13.2 Å². The van der Waals surface area contributed by atoms with Crippen molar-refractivity contribution < 1.29 is 13.2 Å². The molecule has 0 aliphatic carbocycles. The molecule has 0 unspecified atom stereocenters. The summed E-state index contributed by atoms with van der Waals surface area (Å²) in [5, 5.41) is 5.96. The Hall–Kier alpha value is -3.43. The summed E-state index contributed by atoms with van der Waals surface area (Å²) in [5.41, 5.74) is 3.30. The van der Waals surface area contributed by atoms with E-state index in [4.69, 9.17) is 0 Å². The molecule has 0 fully saturated rings. The van der Waals surface area contributed by atoms with Gasteiger partial charge in [-0.1, -0.05) is 59.9 Å². The molecule has 4 rings (SSSR count). The molecule has 0 aliphatic heterocycles. The van der Waals surface area contributed by atoms with Crippen LogP contribution >= 0.6 is 11.3 Å². The van der Waals surface area contributed by atoms with Gasteiger partial charge in [0.05, 0.1) is 15.1 Å². The molecular formula is C23H22N4O3S2. The smallest absolute Gasteiger partial charge is 0.319 e. The summed E-state index contributed by atoms with van der Waals surface area (Å²) >= 11 is 1.22. The summed E-state index contributed by atoms with van der Waals surface area (Å²) in [6.07, 6.45) is 0.742. The summed E-state index contributed by atoms with van der Waals surface area (Å²) in [5.74, 6) is 0. The summed E-state index contributed by atoms with van der Waals surface area (Å²) in [7, 11) is -3.72. The number of aromatic nitrogens is 1. The number of rotatable bonds is 7. The number of carbonyl (C=O) groups is 1. The lowest BCUT2D eigenvalue weighted by molar-refractivity contribution is 0.252. The largest absolute Gasteiger partial charge is 0.338 e. The first kappa shape index (κ1) is 21.8. The highest BCUT2D eigenvalue weighted by atomic mass is 32.2. The zero-order valence-corrected chi connectivity index (χ0v) is 19.0. The molecule has 3 aromatic carbocycles. The molecule has 7 nitrogen and oxygen atoms in total. The van der Waals surface area contributed by atoms with Crippen LogP contribution in [0.5, 0.6) is 0 Å². The Kier molecular flexibility index (Phi) is 6.38. The number of benzene rings is 3. The van der Waals surface area contributed by atoms with Gasteiger partial charge in [0.1, 0.15) is 0 Å². The fourth-order valence-corrected chi connectivity index (χ4v) is 5.47. The maximum Gasteiger partial charge on any atom is 0.319 e. The van der Waals surface area contributed by atoms with Gasteiger partial charge in [-0.15, -0.1) is 0 Å². The number of nitrogens with one attached hydrogen (secondary N) is 3. The molecule has 0 aliphatic rings. The Labute approximate surface area is 190 Å². The second-order valence-electron chi connectivity index (χ2n) is 7.19. The predicted molar refractivity (Wildman–Crippen MR) is 129 cm³/mol. The molecule has 0 radical (unpaired) electrons. The van der Waals surface area contributed by atoms with Gasteiger partial charge in [-0.3, -0.25) is 4.72 Å². The maximum atomic E-state index is 12.6. The zero-order valence-electron chi connectivity index (χ0n) is 17.3. The van der Waals surface area contributed by atoms with Gasteiger partial charge < -0.3 is 10.6 Å². The Morgan fingerprint density at radius 1 is 1.00 bits per heavy atom. The van der Waals surface area contributed by atoms with Crippen LogP contribution in [-0.4, -0.2) is 26.0 Å². The van der Waals surface area contributed by atoms with Crippen molar-refractivity contribution in [1.82, 2.24) is 10.3 Å². The van der Waals surface area contributed by atoms with Crippen molar-refractivity contribution in [3.05, 3.63) is 83.9 Å². The lowest BCUT2D eigenvalue weighted by Gasteiger charge is -2.08. The minimum absolute atomic E-state index is 0.172. The highest BCUT2D eigenvalue weighted by molar-refractivity contribution is 7.93. The van der Waals surface area contributed by atoms with Crippen molar-refractivity contribution in [1.29, 1.82) is 0 Å². The summed E-state index contributed by atoms with van der Waals surface area (Å²) in [4.78, 5) is 16.9. The second kappa shape index (κ2) is 9.37. The molecule has 32 heavy (non-hydrogen) atoms. The molecule has 0 saturated heterocycles. The fraction of sp³-hybridized carbons (Fsp3) is 0.130. The number of hydrogen-bond acceptors (Lipinski definition) is 5. The molecule has 0 spiro atoms. The van der Waals surface area contributed by atoms with Crippen LogP contribution < -0.4 is 15.4 Å². The number of fused-ring (bicyclic) bond motifs is 1. The number of amides is 2. The number of hydrogen-bond donors (Lipinski definition) is 3. The van der Waals surface area contributed by atoms with Crippen LogP contribution in [0.4, 0.5) is 15.6 Å². The van der Waals surface area contributed by atoms with E-state index >= 15 is 0 Å². The molecular weight excluding hydrogens is 444 g/mol. The molecule has 2 amide bonds. The number of carbonyl (C=O) groups excluding carboxylic acids is 1. The van der Waals surface area contributed by atoms with Crippen molar-refractivity contribution in [2.75, 3.05) is 16.6 Å². The lowest BCUT2D eigenvalue weighted by atomic mass is 10.1. The molecule has 9 heteroatoms. The topological polar surface area (TPSA) is 100 Å². The highest BCUT2D eigenvalue weighted by Gasteiger charge is 2.17. The van der Waals surface area contributed by atoms with Gasteiger partial charge in [0.2, 0.25) is 0 Å². The average molecular weight is 467 g/mol. The molecule has 1 aromatic heterocycles. The standard InChI is InChI=1S/C23H22N4O3S2/c1-16-14-18(25-22(28)24-13-12-17-8-4-2-5-9-17)15-20-21(16)26-23(31-20)27-32(29,30)19-10-6-3-7-11-19/h2-11,14-15H,12-13H2,1H3,(H,26,27)(H2,24,25,28). The van der Waals surface area contributed by atoms with E-state index in [0.717, 1.165) is 22.2 Å². The van der Waals surface area contributed by atoms with E-state index in [0.29, 0.717) is 17.7 Å². The van der Waals surface area contributed by atoms with Crippen LogP contribution in [0.3, 0.4) is 0 Å². The summed E-state index contributed by atoms with van der Waals surface area (Å²) in [6, 6.07) is 21.4. The lowest BCUT2D eigenvalue weighted by Crippen LogP contribution is -2.30. The third-order valence-electron chi connectivity index (χ3n) is 4.76. The van der Waals surface area contributed by atoms with E-state index in [1.54, 1.807) is 24.3 Å². The summed E-state index contributed by atoms with van der Waals surface area (Å²) in [6.45, 7) is 2.39. The molecule has 0 atom stereocenters. The zero-order chi connectivity index (χ0) is 22.6. The van der Waals surface area contributed by atoms with Gasteiger partial charge in [-0.05, 0) is 48.7 Å². The van der Waals surface area contributed by atoms with E-state index in [2.05, 4.69) is 20.3 Å². The molecule has 1 heterocycles. The van der Waals surface area contributed by atoms with E-state index in [-0.39, 0.29) is 16.1 Å². The third kappa shape index (κ3) is 5.24. The van der Waals surface area contributed by atoms with Crippen LogP contribution in [0.25, 0.3) is 10.2 Å². The monoisotopic (exact) mass is 466 g/mol. The van der Waals surface area contributed by atoms with Gasteiger partial charge in [0, 0.05) is 12.2 Å². The fourth-order valence-electron chi connectivity index (χ4n) is 3.23. The number of anilines is 2. The van der Waals surface area contributed by atoms with Gasteiger partial charge in [0.15, 0.2) is 5.13 Å². The van der Waals surface area contributed by atoms with Crippen molar-refractivity contribution >= 4 is 48.4 Å². The van der Waals surface area contributed by atoms with E-state index in [1.807, 2.05) is 43.3 Å². The van der Waals surface area contributed by atoms with Crippen molar-refractivity contribution in [3.8, 4) is 0 Å². The first-order valence-electron chi connectivity index (χ1n) is 9.98. The van der Waals surface area contributed by atoms with Gasteiger partial charge in [-0.25, -0.2) is 18.2 Å². The Morgan fingerprint density at radius 2 is 1.69 bits per heavy atom. The average Bonchev–Trinajstić information content (AvgIpc) is 3.17. The number of thiazole rings is 1. The minimum Gasteiger partial charge on any atom is -0.338 e. The van der Waals surface area contributed by atoms with Crippen LogP contribution in [0.1, 0.15) is 11.1 Å². The van der Waals surface area contributed by atoms with Crippen molar-refractivity contribution in [2.24, 2.45) is 0 Å². The first-order valence-corrected chi connectivity index (χ1v) is 12.3. The highest BCUT2D eigenvalue weighted by Crippen LogP contribution is 2.32. The summed E-state index contributed by atoms with van der Waals surface area (Å²) < 4.78 is 28.4. The van der Waals surface area contributed by atoms with Gasteiger partial charge in [-0.2, -0.15) is 0 Å². The Morgan fingerprint density at radius 3 is 2.41 bits per heavy atom. The quantitative estimate of drug-likeness (QED) is 0.365. The number of urea groups is 1. The van der Waals surface area contributed by atoms with Crippen molar-refractivity contribution in [3.63, 3.8) is 0 Å². The van der Waals surface area contributed by atoms with Gasteiger partial charge >= 0.3 is 6.03 Å². The van der Waals surface area contributed by atoms with Crippen LogP contribution in [-0.2, 0) is 16.4 Å². The Bertz CT molecular complexity index is 1340. The number of sulfonamides is 1. The molecule has 164 valence electrons. The maximum absolute atomic E-state index is 12.6. The molecule has 3 N–H and O–H groups in total. The predicted octanol–water partition coefficient (Wildman–Crippen LogP) is 4.77. The van der Waals surface area contributed by atoms with Gasteiger partial charge in [0.25, 0.3) is 10.0 Å².